The zero-order valence-electron chi connectivity index (χ0n) is 18.6. The molecule has 2 atom stereocenters. The molecule has 1 aliphatic carbocycles. The van der Waals surface area contributed by atoms with E-state index in [0.717, 1.165) is 29.7 Å². The number of hydrogen-bond acceptors (Lipinski definition) is 5. The smallest absolute Gasteiger partial charge is 0.277 e. The topological polar surface area (TPSA) is 74.3 Å². The van der Waals surface area contributed by atoms with Crippen LogP contribution in [-0.4, -0.2) is 30.8 Å². The van der Waals surface area contributed by atoms with Gasteiger partial charge in [0.25, 0.3) is 5.56 Å². The second-order valence-corrected chi connectivity index (χ2v) is 9.91. The maximum absolute atomic E-state index is 13.1. The van der Waals surface area contributed by atoms with Crippen LogP contribution in [0.25, 0.3) is 16.9 Å². The van der Waals surface area contributed by atoms with E-state index in [4.69, 9.17) is 32.9 Å². The minimum absolute atomic E-state index is 0.0563. The van der Waals surface area contributed by atoms with Gasteiger partial charge in [0.15, 0.2) is 5.65 Å². The number of fused-ring (bicyclic) bond motifs is 1. The summed E-state index contributed by atoms with van der Waals surface area (Å²) < 4.78 is 9.68. The molecule has 0 amide bonds. The summed E-state index contributed by atoms with van der Waals surface area (Å²) in [6.07, 6.45) is 9.70. The van der Waals surface area contributed by atoms with Crippen LogP contribution in [-0.2, 0) is 4.74 Å². The number of aryl methyl sites for hydroxylation is 1. The summed E-state index contributed by atoms with van der Waals surface area (Å²) in [4.78, 5) is 22.7. The van der Waals surface area contributed by atoms with Crippen molar-refractivity contribution in [2.45, 2.75) is 50.7 Å². The molecule has 174 valence electrons. The van der Waals surface area contributed by atoms with Crippen LogP contribution in [0.4, 0.5) is 0 Å². The van der Waals surface area contributed by atoms with Crippen LogP contribution in [0.5, 0.6) is 0 Å². The van der Waals surface area contributed by atoms with Crippen molar-refractivity contribution in [1.29, 1.82) is 0 Å². The van der Waals surface area contributed by atoms with E-state index < -0.39 is 0 Å². The monoisotopic (exact) mass is 495 g/mol. The van der Waals surface area contributed by atoms with Crippen molar-refractivity contribution < 1.29 is 4.74 Å². The maximum atomic E-state index is 13.1. The van der Waals surface area contributed by atoms with Crippen LogP contribution in [0.15, 0.2) is 47.7 Å². The Morgan fingerprint density at radius 3 is 2.62 bits per heavy atom. The highest BCUT2D eigenvalue weighted by molar-refractivity contribution is 6.31. The zero-order chi connectivity index (χ0) is 23.4. The summed E-state index contributed by atoms with van der Waals surface area (Å²) in [5, 5.41) is 5.28. The van der Waals surface area contributed by atoms with E-state index in [-0.39, 0.29) is 22.6 Å². The molecule has 0 radical (unpaired) electrons. The highest BCUT2D eigenvalue weighted by Crippen LogP contribution is 2.39. The van der Waals surface area contributed by atoms with Gasteiger partial charge in [0.05, 0.1) is 29.7 Å². The fraction of sp³-hybridized carbons (Fsp3) is 0.360. The van der Waals surface area contributed by atoms with E-state index in [0.29, 0.717) is 34.7 Å². The third-order valence-electron chi connectivity index (χ3n) is 6.67. The van der Waals surface area contributed by atoms with E-state index in [1.54, 1.807) is 13.1 Å². The molecule has 1 aromatic carbocycles. The van der Waals surface area contributed by atoms with Crippen molar-refractivity contribution in [2.24, 2.45) is 0 Å². The summed E-state index contributed by atoms with van der Waals surface area (Å²) in [6, 6.07) is 7.94. The Morgan fingerprint density at radius 1 is 1.06 bits per heavy atom. The minimum atomic E-state index is -0.294. The normalized spacial score (nSPS) is 20.7. The average molecular weight is 496 g/mol. The van der Waals surface area contributed by atoms with Crippen LogP contribution < -0.4 is 5.56 Å². The molecular formula is C25H23Cl2N5O2. The second-order valence-electron chi connectivity index (χ2n) is 9.10. The Hall–Kier alpha value is -2.74. The molecule has 2 aliphatic rings. The predicted octanol–water partition coefficient (Wildman–Crippen LogP) is 5.54. The lowest BCUT2D eigenvalue weighted by atomic mass is 9.90. The Bertz CT molecular complexity index is 1440. The molecule has 0 spiro atoms. The number of ether oxygens (including phenoxy) is 1. The van der Waals surface area contributed by atoms with Crippen molar-refractivity contribution in [3.8, 4) is 11.3 Å². The lowest BCUT2D eigenvalue weighted by Crippen LogP contribution is -2.23. The molecule has 2 fully saturated rings. The Kier molecular flexibility index (Phi) is 5.43. The van der Waals surface area contributed by atoms with E-state index in [1.165, 1.54) is 17.2 Å². The first-order valence-corrected chi connectivity index (χ1v) is 12.2. The van der Waals surface area contributed by atoms with Gasteiger partial charge in [0.1, 0.15) is 10.7 Å². The van der Waals surface area contributed by atoms with Gasteiger partial charge in [-0.2, -0.15) is 5.10 Å². The highest BCUT2D eigenvalue weighted by atomic mass is 35.5. The molecule has 9 heteroatoms. The maximum Gasteiger partial charge on any atom is 0.277 e. The molecule has 4 aromatic rings. The lowest BCUT2D eigenvalue weighted by molar-refractivity contribution is 0.00454. The fourth-order valence-corrected chi connectivity index (χ4v) is 4.86. The van der Waals surface area contributed by atoms with E-state index in [1.807, 2.05) is 35.1 Å². The number of benzene rings is 1. The van der Waals surface area contributed by atoms with Crippen LogP contribution in [0, 0.1) is 6.92 Å². The predicted molar refractivity (Wildman–Crippen MR) is 131 cm³/mol. The van der Waals surface area contributed by atoms with E-state index >= 15 is 0 Å². The molecule has 3 aromatic heterocycles. The quantitative estimate of drug-likeness (QED) is 0.371. The first kappa shape index (κ1) is 21.8. The fourth-order valence-electron chi connectivity index (χ4n) is 4.60. The summed E-state index contributed by atoms with van der Waals surface area (Å²) in [6.45, 7) is 2.34. The summed E-state index contributed by atoms with van der Waals surface area (Å²) in [5.41, 5.74) is 4.05. The zero-order valence-corrected chi connectivity index (χ0v) is 20.1. The second kappa shape index (κ2) is 8.48. The molecule has 7 nitrogen and oxygen atoms in total. The first-order valence-electron chi connectivity index (χ1n) is 11.5. The summed E-state index contributed by atoms with van der Waals surface area (Å²) in [5.74, 6) is 0.116. The summed E-state index contributed by atoms with van der Waals surface area (Å²) in [7, 11) is 0. The van der Waals surface area contributed by atoms with Crippen molar-refractivity contribution in [3.05, 3.63) is 80.2 Å². The molecule has 1 saturated carbocycles. The van der Waals surface area contributed by atoms with Crippen molar-refractivity contribution in [1.82, 2.24) is 24.1 Å². The Balaban J connectivity index is 1.43. The van der Waals surface area contributed by atoms with Gasteiger partial charge in [-0.3, -0.25) is 13.9 Å². The number of aromatic nitrogens is 5. The lowest BCUT2D eigenvalue weighted by Gasteiger charge is -2.29. The SMILES string of the molecule is Cc1nc2c(-c3ccc(Cl)cc3)nc([C@@H]3CCO[C@H](c4cnn(C5CC5)c4)C3)cn2c(=O)c1Cl. The number of halogens is 2. The van der Waals surface area contributed by atoms with Crippen LogP contribution in [0.1, 0.15) is 60.7 Å². The molecule has 1 saturated heterocycles. The van der Waals surface area contributed by atoms with Gasteiger partial charge in [-0.15, -0.1) is 0 Å². The van der Waals surface area contributed by atoms with Gasteiger partial charge >= 0.3 is 0 Å². The highest BCUT2D eigenvalue weighted by Gasteiger charge is 2.30. The van der Waals surface area contributed by atoms with Crippen LogP contribution >= 0.6 is 23.2 Å². The van der Waals surface area contributed by atoms with Crippen molar-refractivity contribution >= 4 is 28.8 Å². The molecule has 4 heterocycles. The summed E-state index contributed by atoms with van der Waals surface area (Å²) >= 11 is 12.4. The number of nitrogens with zero attached hydrogens (tertiary/aromatic N) is 5. The van der Waals surface area contributed by atoms with Crippen LogP contribution in [0.2, 0.25) is 10.0 Å². The molecular weight excluding hydrogens is 473 g/mol. The first-order chi connectivity index (χ1) is 16.5. The molecule has 0 unspecified atom stereocenters. The molecule has 0 bridgehead atoms. The standard InChI is InChI=1S/C25H23Cl2N5O2/c1-14-22(27)25(33)31-13-20(30-23(24(31)29-14)15-2-4-18(26)5-3-15)16-8-9-34-21(10-16)17-11-28-32(12-17)19-6-7-19/h2-5,11-13,16,19,21H,6-10H2,1H3/t16-,21+/m1/s1. The third kappa shape index (κ3) is 3.91. The van der Waals surface area contributed by atoms with Gasteiger partial charge in [0, 0.05) is 41.1 Å². The van der Waals surface area contributed by atoms with Gasteiger partial charge < -0.3 is 4.74 Å². The van der Waals surface area contributed by atoms with Crippen molar-refractivity contribution in [2.75, 3.05) is 6.61 Å². The third-order valence-corrected chi connectivity index (χ3v) is 7.36. The Morgan fingerprint density at radius 2 is 1.85 bits per heavy atom. The largest absolute Gasteiger partial charge is 0.373 e. The number of hydrogen-bond donors (Lipinski definition) is 0. The minimum Gasteiger partial charge on any atom is -0.373 e. The molecule has 1 aliphatic heterocycles. The molecule has 6 rings (SSSR count). The van der Waals surface area contributed by atoms with Crippen LogP contribution in [0.3, 0.4) is 0 Å². The van der Waals surface area contributed by atoms with E-state index in [9.17, 15) is 4.79 Å². The van der Waals surface area contributed by atoms with E-state index in [2.05, 4.69) is 16.3 Å². The Labute approximate surface area is 206 Å². The molecule has 34 heavy (non-hydrogen) atoms. The van der Waals surface area contributed by atoms with Gasteiger partial charge in [-0.05, 0) is 44.7 Å². The average Bonchev–Trinajstić information content (AvgIpc) is 3.59. The number of rotatable bonds is 4. The van der Waals surface area contributed by atoms with Gasteiger partial charge in [-0.25, -0.2) is 9.97 Å². The van der Waals surface area contributed by atoms with Crippen molar-refractivity contribution in [3.63, 3.8) is 0 Å². The van der Waals surface area contributed by atoms with Gasteiger partial charge in [0.2, 0.25) is 0 Å². The molecule has 0 N–H and O–H groups in total. The van der Waals surface area contributed by atoms with Gasteiger partial charge in [-0.1, -0.05) is 35.3 Å².